The molecule has 2 aromatic rings. The summed E-state index contributed by atoms with van der Waals surface area (Å²) in [4.78, 5) is 0. The van der Waals surface area contributed by atoms with Crippen molar-refractivity contribution in [2.75, 3.05) is 12.4 Å². The number of halogens is 2. The van der Waals surface area contributed by atoms with E-state index in [0.717, 1.165) is 21.3 Å². The van der Waals surface area contributed by atoms with Gasteiger partial charge in [-0.25, -0.2) is 4.39 Å². The molecule has 0 bridgehead atoms. The molecule has 3 nitrogen and oxygen atoms in total. The highest BCUT2D eigenvalue weighted by Crippen LogP contribution is 2.26. The van der Waals surface area contributed by atoms with Crippen molar-refractivity contribution >= 4 is 21.6 Å². The average Bonchev–Trinajstić information content (AvgIpc) is 2.49. The Kier molecular flexibility index (Phi) is 5.32. The van der Waals surface area contributed by atoms with Crippen LogP contribution in [0.3, 0.4) is 0 Å². The molecule has 5 heteroatoms. The van der Waals surface area contributed by atoms with Gasteiger partial charge in [0.2, 0.25) is 0 Å². The molecular weight excluding hydrogens is 335 g/mol. The maximum atomic E-state index is 13.3. The van der Waals surface area contributed by atoms with Crippen molar-refractivity contribution in [1.82, 2.24) is 0 Å². The standard InChI is InChI=1S/C16H14BrFN2O/c1-21-10-13-14(17)3-2-4-16(13)20-9-11-5-6-15(18)12(7-11)8-19/h2-7,20H,9-10H2,1H3. The second-order valence-corrected chi connectivity index (χ2v) is 5.33. The number of nitriles is 1. The lowest BCUT2D eigenvalue weighted by Crippen LogP contribution is -2.04. The Hall–Kier alpha value is -1.90. The SMILES string of the molecule is COCc1c(Br)cccc1NCc1ccc(F)c(C#N)c1. The molecule has 0 saturated carbocycles. The van der Waals surface area contributed by atoms with Crippen molar-refractivity contribution < 1.29 is 9.13 Å². The van der Waals surface area contributed by atoms with Crippen LogP contribution in [0.25, 0.3) is 0 Å². The van der Waals surface area contributed by atoms with Gasteiger partial charge in [0.15, 0.2) is 0 Å². The second-order valence-electron chi connectivity index (χ2n) is 4.48. The van der Waals surface area contributed by atoms with Crippen LogP contribution < -0.4 is 5.32 Å². The van der Waals surface area contributed by atoms with Gasteiger partial charge in [-0.2, -0.15) is 5.26 Å². The quantitative estimate of drug-likeness (QED) is 0.879. The molecule has 2 aromatic carbocycles. The molecule has 1 N–H and O–H groups in total. The average molecular weight is 349 g/mol. The van der Waals surface area contributed by atoms with E-state index in [2.05, 4.69) is 21.2 Å². The van der Waals surface area contributed by atoms with Crippen LogP contribution in [0.15, 0.2) is 40.9 Å². The number of methoxy groups -OCH3 is 1. The Balaban J connectivity index is 2.17. The van der Waals surface area contributed by atoms with Gasteiger partial charge in [0.25, 0.3) is 0 Å². The smallest absolute Gasteiger partial charge is 0.140 e. The fourth-order valence-electron chi connectivity index (χ4n) is 1.98. The zero-order valence-corrected chi connectivity index (χ0v) is 13.1. The summed E-state index contributed by atoms with van der Waals surface area (Å²) in [6, 6.07) is 12.2. The largest absolute Gasteiger partial charge is 0.381 e. The lowest BCUT2D eigenvalue weighted by Gasteiger charge is -2.13. The van der Waals surface area contributed by atoms with Gasteiger partial charge in [-0.15, -0.1) is 0 Å². The molecule has 0 fully saturated rings. The van der Waals surface area contributed by atoms with E-state index < -0.39 is 5.82 Å². The third kappa shape index (κ3) is 3.81. The van der Waals surface area contributed by atoms with E-state index in [4.69, 9.17) is 10.00 Å². The van der Waals surface area contributed by atoms with Gasteiger partial charge in [-0.3, -0.25) is 0 Å². The Morgan fingerprint density at radius 2 is 2.14 bits per heavy atom. The fraction of sp³-hybridized carbons (Fsp3) is 0.188. The first kappa shape index (κ1) is 15.5. The minimum absolute atomic E-state index is 0.0562. The first-order chi connectivity index (χ1) is 10.2. The molecule has 0 amide bonds. The Bertz CT molecular complexity index is 682. The maximum Gasteiger partial charge on any atom is 0.140 e. The van der Waals surface area contributed by atoms with Crippen molar-refractivity contribution in [3.05, 3.63) is 63.4 Å². The molecule has 0 unspecified atom stereocenters. The molecule has 0 radical (unpaired) electrons. The van der Waals surface area contributed by atoms with Crippen molar-refractivity contribution in [1.29, 1.82) is 5.26 Å². The lowest BCUT2D eigenvalue weighted by molar-refractivity contribution is 0.185. The van der Waals surface area contributed by atoms with Gasteiger partial charge >= 0.3 is 0 Å². The van der Waals surface area contributed by atoms with Crippen LogP contribution in [0.5, 0.6) is 0 Å². The van der Waals surface area contributed by atoms with Crippen molar-refractivity contribution in [3.8, 4) is 6.07 Å². The lowest BCUT2D eigenvalue weighted by atomic mass is 10.1. The number of nitrogens with one attached hydrogen (secondary N) is 1. The number of ether oxygens (including phenoxy) is 1. The summed E-state index contributed by atoms with van der Waals surface area (Å²) in [7, 11) is 1.64. The second kappa shape index (κ2) is 7.21. The first-order valence-electron chi connectivity index (χ1n) is 6.34. The molecule has 2 rings (SSSR count). The minimum atomic E-state index is -0.497. The van der Waals surface area contributed by atoms with Crippen molar-refractivity contribution in [2.24, 2.45) is 0 Å². The summed E-state index contributed by atoms with van der Waals surface area (Å²) < 4.78 is 19.4. The van der Waals surface area contributed by atoms with E-state index in [1.54, 1.807) is 19.2 Å². The van der Waals surface area contributed by atoms with E-state index in [-0.39, 0.29) is 5.56 Å². The summed E-state index contributed by atoms with van der Waals surface area (Å²) in [5.74, 6) is -0.497. The van der Waals surface area contributed by atoms with Crippen LogP contribution in [-0.2, 0) is 17.9 Å². The van der Waals surface area contributed by atoms with Crippen LogP contribution in [0, 0.1) is 17.1 Å². The zero-order chi connectivity index (χ0) is 15.2. The predicted octanol–water partition coefficient (Wildman–Crippen LogP) is 4.22. The molecule has 0 heterocycles. The maximum absolute atomic E-state index is 13.3. The number of rotatable bonds is 5. The summed E-state index contributed by atoms with van der Waals surface area (Å²) in [5.41, 5.74) is 2.86. The normalized spacial score (nSPS) is 10.2. The molecule has 108 valence electrons. The number of benzene rings is 2. The Morgan fingerprint density at radius 3 is 2.86 bits per heavy atom. The molecule has 0 aromatic heterocycles. The summed E-state index contributed by atoms with van der Waals surface area (Å²) >= 11 is 3.49. The van der Waals surface area contributed by atoms with Crippen LogP contribution in [0.4, 0.5) is 10.1 Å². The van der Waals surface area contributed by atoms with Crippen LogP contribution in [-0.4, -0.2) is 7.11 Å². The molecule has 0 saturated heterocycles. The van der Waals surface area contributed by atoms with Crippen molar-refractivity contribution in [2.45, 2.75) is 13.2 Å². The number of hydrogen-bond donors (Lipinski definition) is 1. The highest BCUT2D eigenvalue weighted by Gasteiger charge is 2.07. The Morgan fingerprint density at radius 1 is 1.33 bits per heavy atom. The molecule has 0 atom stereocenters. The Labute approximate surface area is 131 Å². The number of nitrogens with zero attached hydrogens (tertiary/aromatic N) is 1. The van der Waals surface area contributed by atoms with Gasteiger partial charge in [-0.05, 0) is 29.8 Å². The zero-order valence-electron chi connectivity index (χ0n) is 11.5. The number of anilines is 1. The molecule has 0 aliphatic carbocycles. The monoisotopic (exact) mass is 348 g/mol. The summed E-state index contributed by atoms with van der Waals surface area (Å²) in [6.07, 6.45) is 0. The molecule has 0 spiro atoms. The van der Waals surface area contributed by atoms with Crippen LogP contribution in [0.1, 0.15) is 16.7 Å². The van der Waals surface area contributed by atoms with Gasteiger partial charge in [0, 0.05) is 29.4 Å². The van der Waals surface area contributed by atoms with Crippen LogP contribution >= 0.6 is 15.9 Å². The molecule has 0 aliphatic heterocycles. The van der Waals surface area contributed by atoms with Gasteiger partial charge in [-0.1, -0.05) is 28.1 Å². The third-order valence-corrected chi connectivity index (χ3v) is 3.78. The fourth-order valence-corrected chi connectivity index (χ4v) is 2.46. The van der Waals surface area contributed by atoms with E-state index in [9.17, 15) is 4.39 Å². The van der Waals surface area contributed by atoms with E-state index in [1.165, 1.54) is 6.07 Å². The topological polar surface area (TPSA) is 45.0 Å². The number of hydrogen-bond acceptors (Lipinski definition) is 3. The van der Waals surface area contributed by atoms with Gasteiger partial charge in [0.05, 0.1) is 12.2 Å². The molecule has 21 heavy (non-hydrogen) atoms. The highest BCUT2D eigenvalue weighted by molar-refractivity contribution is 9.10. The van der Waals surface area contributed by atoms with E-state index >= 15 is 0 Å². The first-order valence-corrected chi connectivity index (χ1v) is 7.13. The van der Waals surface area contributed by atoms with Crippen LogP contribution in [0.2, 0.25) is 0 Å². The predicted molar refractivity (Wildman–Crippen MR) is 83.3 cm³/mol. The minimum Gasteiger partial charge on any atom is -0.381 e. The molecular formula is C16H14BrFN2O. The van der Waals surface area contributed by atoms with Gasteiger partial charge in [0.1, 0.15) is 11.9 Å². The summed E-state index contributed by atoms with van der Waals surface area (Å²) in [5, 5.41) is 12.1. The third-order valence-electron chi connectivity index (χ3n) is 3.04. The van der Waals surface area contributed by atoms with Gasteiger partial charge < -0.3 is 10.1 Å². The highest BCUT2D eigenvalue weighted by atomic mass is 79.9. The van der Waals surface area contributed by atoms with Crippen molar-refractivity contribution in [3.63, 3.8) is 0 Å². The summed E-state index contributed by atoms with van der Waals surface area (Å²) in [6.45, 7) is 0.985. The van der Waals surface area contributed by atoms with E-state index in [0.29, 0.717) is 13.2 Å². The van der Waals surface area contributed by atoms with E-state index in [1.807, 2.05) is 24.3 Å². The molecule has 0 aliphatic rings.